The van der Waals surface area contributed by atoms with Gasteiger partial charge in [-0.1, -0.05) is 29.3 Å². The maximum atomic E-state index is 12.2. The van der Waals surface area contributed by atoms with E-state index < -0.39 is 11.7 Å². The molecule has 2 aromatic carbocycles. The summed E-state index contributed by atoms with van der Waals surface area (Å²) < 4.78 is 16.5. The van der Waals surface area contributed by atoms with E-state index >= 15 is 0 Å². The van der Waals surface area contributed by atoms with Crippen LogP contribution in [0.25, 0.3) is 0 Å². The molecule has 41 heavy (non-hydrogen) atoms. The van der Waals surface area contributed by atoms with E-state index in [0.717, 1.165) is 0 Å². The number of ether oxygens (including phenoxy) is 3. The van der Waals surface area contributed by atoms with Crippen molar-refractivity contribution < 1.29 is 29.2 Å². The Hall–Kier alpha value is -5.00. The van der Waals surface area contributed by atoms with Crippen LogP contribution in [0.4, 0.5) is 4.79 Å². The first kappa shape index (κ1) is 32.2. The minimum absolute atomic E-state index is 0.0179. The highest BCUT2D eigenvalue weighted by Crippen LogP contribution is 2.20. The lowest BCUT2D eigenvalue weighted by Gasteiger charge is -2.19. The van der Waals surface area contributed by atoms with E-state index in [1.54, 1.807) is 90.3 Å². The summed E-state index contributed by atoms with van der Waals surface area (Å²) in [5.74, 6) is -0.498. The molecule has 12 nitrogen and oxygen atoms in total. The molecule has 218 valence electrons. The number of nitrogens with zero attached hydrogens (tertiary/aromatic N) is 3. The van der Waals surface area contributed by atoms with Crippen LogP contribution in [0.2, 0.25) is 0 Å². The smallest absolute Gasteiger partial charge is 0.407 e. The van der Waals surface area contributed by atoms with Crippen LogP contribution in [-0.2, 0) is 9.47 Å². The number of amides is 2. The van der Waals surface area contributed by atoms with Crippen LogP contribution < -0.4 is 21.2 Å². The molecule has 0 radical (unpaired) electrons. The van der Waals surface area contributed by atoms with Crippen molar-refractivity contribution in [2.24, 2.45) is 15.7 Å². The molecule has 12 heteroatoms. The Morgan fingerprint density at radius 2 is 1.71 bits per heavy atom. The topological polar surface area (TPSA) is 177 Å². The van der Waals surface area contributed by atoms with Crippen molar-refractivity contribution in [1.29, 1.82) is 5.41 Å². The maximum absolute atomic E-state index is 12.2. The zero-order valence-corrected chi connectivity index (χ0v) is 24.3. The van der Waals surface area contributed by atoms with Crippen LogP contribution in [0.1, 0.15) is 49.2 Å². The molecule has 2 amide bonds. The molecular formula is C29H38N7O5+. The molecule has 0 bridgehead atoms. The van der Waals surface area contributed by atoms with Crippen molar-refractivity contribution in [3.8, 4) is 5.75 Å². The van der Waals surface area contributed by atoms with E-state index in [1.165, 1.54) is 4.90 Å². The van der Waals surface area contributed by atoms with Crippen LogP contribution in [-0.4, -0.2) is 73.9 Å². The lowest BCUT2D eigenvalue weighted by atomic mass is 10.1. The molecule has 0 atom stereocenters. The number of carbonyl (C=O) groups excluding carboxylic acids is 2. The van der Waals surface area contributed by atoms with Gasteiger partial charge in [-0.2, -0.15) is 0 Å². The quantitative estimate of drug-likeness (QED) is 0.149. The number of hydrogen-bond donors (Lipinski definition) is 4. The molecule has 0 saturated carbocycles. The van der Waals surface area contributed by atoms with Crippen LogP contribution in [0.3, 0.4) is 0 Å². The highest BCUT2D eigenvalue weighted by molar-refractivity contribution is 6.05. The van der Waals surface area contributed by atoms with Crippen molar-refractivity contribution in [3.63, 3.8) is 0 Å². The average Bonchev–Trinajstić information content (AvgIpc) is 2.92. The monoisotopic (exact) mass is 564 g/mol. The van der Waals surface area contributed by atoms with Crippen LogP contribution in [0.5, 0.6) is 5.75 Å². The van der Waals surface area contributed by atoms with Gasteiger partial charge >= 0.3 is 11.9 Å². The lowest BCUT2D eigenvalue weighted by molar-refractivity contribution is -0.114. The average molecular weight is 565 g/mol. The van der Waals surface area contributed by atoms with Gasteiger partial charge in [0.2, 0.25) is 17.5 Å². The first-order chi connectivity index (χ1) is 19.2. The van der Waals surface area contributed by atoms with E-state index in [9.17, 15) is 9.59 Å². The molecule has 2 aromatic rings. The number of nitrogens with one attached hydrogen (secondary N) is 2. The Bertz CT molecular complexity index is 1360. The Morgan fingerprint density at radius 3 is 2.29 bits per heavy atom. The van der Waals surface area contributed by atoms with E-state index in [4.69, 9.17) is 30.8 Å². The number of nitrogens with two attached hydrogens (primary N) is 2. The van der Waals surface area contributed by atoms with Crippen molar-refractivity contribution >= 4 is 36.2 Å². The molecule has 0 saturated heterocycles. The van der Waals surface area contributed by atoms with Gasteiger partial charge in [-0.05, 0) is 57.5 Å². The molecule has 0 fully saturated rings. The highest BCUT2D eigenvalue weighted by atomic mass is 16.6. The van der Waals surface area contributed by atoms with Gasteiger partial charge in [-0.3, -0.25) is 15.6 Å². The summed E-state index contributed by atoms with van der Waals surface area (Å²) in [5, 5.41) is 17.1. The third kappa shape index (κ3) is 9.92. The SMILES string of the molecule is C=NC(=[NH2+])C(N=C(C)c1ccc(C(=O)N(C)C)cc1)=C(N)OC(=N)c1ccccc1OCCNC(=O)OC(C)(C)C. The highest BCUT2D eigenvalue weighted by Gasteiger charge is 2.21. The van der Waals surface area contributed by atoms with Gasteiger partial charge in [-0.25, -0.2) is 9.79 Å². The summed E-state index contributed by atoms with van der Waals surface area (Å²) in [5.41, 5.74) is 7.59. The minimum Gasteiger partial charge on any atom is -0.491 e. The number of alkyl carbamates (subject to hydrolysis) is 1. The standard InChI is InChI=1S/C29H37N7O5/c1-18(19-12-14-20(15-13-19)27(37)36(6)7)35-23(24(30)33-5)26(32)40-25(31)21-10-8-9-11-22(21)39-17-16-34-28(38)41-29(2,3)4/h8-15,30-31H,5,16-17,32H2,1-4,6-7H3,(H,34,38)/p+1. The summed E-state index contributed by atoms with van der Waals surface area (Å²) in [6.45, 7) is 10.8. The first-order valence-corrected chi connectivity index (χ1v) is 12.7. The Morgan fingerprint density at radius 1 is 1.10 bits per heavy atom. The zero-order chi connectivity index (χ0) is 30.7. The zero-order valence-electron chi connectivity index (χ0n) is 24.3. The Balaban J connectivity index is 2.20. The third-order valence-electron chi connectivity index (χ3n) is 5.25. The van der Waals surface area contributed by atoms with Crippen LogP contribution in [0, 0.1) is 5.41 Å². The number of aliphatic imine (C=N–C) groups is 2. The van der Waals surface area contributed by atoms with Gasteiger partial charge in [0.05, 0.1) is 12.1 Å². The van der Waals surface area contributed by atoms with E-state index in [-0.39, 0.29) is 42.4 Å². The molecule has 0 unspecified atom stereocenters. The molecule has 0 aliphatic heterocycles. The van der Waals surface area contributed by atoms with Crippen molar-refractivity contribution in [2.75, 3.05) is 27.2 Å². The van der Waals surface area contributed by atoms with Crippen molar-refractivity contribution in [1.82, 2.24) is 10.2 Å². The second-order valence-electron chi connectivity index (χ2n) is 9.93. The maximum Gasteiger partial charge on any atom is 0.407 e. The number of rotatable bonds is 10. The molecule has 0 heterocycles. The largest absolute Gasteiger partial charge is 0.491 e. The van der Waals surface area contributed by atoms with Crippen LogP contribution >= 0.6 is 0 Å². The van der Waals surface area contributed by atoms with Gasteiger partial charge in [-0.15, -0.1) is 0 Å². The first-order valence-electron chi connectivity index (χ1n) is 12.7. The van der Waals surface area contributed by atoms with Crippen molar-refractivity contribution in [2.45, 2.75) is 33.3 Å². The predicted molar refractivity (Wildman–Crippen MR) is 158 cm³/mol. The molecular weight excluding hydrogens is 526 g/mol. The fraction of sp³-hybridized carbons (Fsp3) is 0.310. The van der Waals surface area contributed by atoms with Gasteiger partial charge in [0, 0.05) is 25.4 Å². The predicted octanol–water partition coefficient (Wildman–Crippen LogP) is 2.13. The van der Waals surface area contributed by atoms with E-state index in [0.29, 0.717) is 28.2 Å². The van der Waals surface area contributed by atoms with E-state index in [1.807, 2.05) is 0 Å². The second-order valence-corrected chi connectivity index (χ2v) is 9.93. The van der Waals surface area contributed by atoms with Gasteiger partial charge in [0.25, 0.3) is 5.91 Å². The Kier molecular flexibility index (Phi) is 11.3. The summed E-state index contributed by atoms with van der Waals surface area (Å²) >= 11 is 0. The third-order valence-corrected chi connectivity index (χ3v) is 5.25. The molecule has 0 aliphatic carbocycles. The normalized spacial score (nSPS) is 12.0. The van der Waals surface area contributed by atoms with Gasteiger partial charge in [0.15, 0.2) is 0 Å². The minimum atomic E-state index is -0.613. The molecule has 0 spiro atoms. The number of hydrogen-bond acceptors (Lipinski definition) is 8. The molecule has 2 rings (SSSR count). The molecule has 0 aliphatic rings. The van der Waals surface area contributed by atoms with Crippen molar-refractivity contribution in [3.05, 3.63) is 76.8 Å². The lowest BCUT2D eigenvalue weighted by Crippen LogP contribution is -2.40. The summed E-state index contributed by atoms with van der Waals surface area (Å²) in [7, 11) is 3.35. The number of benzene rings is 2. The molecule has 0 aromatic heterocycles. The fourth-order valence-corrected chi connectivity index (χ4v) is 3.28. The summed E-state index contributed by atoms with van der Waals surface area (Å²) in [4.78, 5) is 33.7. The number of amidine groups is 1. The molecule has 6 N–H and O–H groups in total. The van der Waals surface area contributed by atoms with E-state index in [2.05, 4.69) is 22.0 Å². The van der Waals surface area contributed by atoms with Gasteiger partial charge < -0.3 is 30.2 Å². The number of para-hydroxylation sites is 1. The van der Waals surface area contributed by atoms with Gasteiger partial charge in [0.1, 0.15) is 24.7 Å². The Labute approximate surface area is 239 Å². The van der Waals surface area contributed by atoms with Crippen LogP contribution in [0.15, 0.2) is 70.1 Å². The fourth-order valence-electron chi connectivity index (χ4n) is 3.28. The summed E-state index contributed by atoms with van der Waals surface area (Å²) in [6.07, 6.45) is -0.561. The number of carbonyl (C=O) groups is 2. The second kappa shape index (κ2) is 14.4. The summed E-state index contributed by atoms with van der Waals surface area (Å²) in [6, 6.07) is 13.6.